The second-order valence-corrected chi connectivity index (χ2v) is 7.96. The van der Waals surface area contributed by atoms with Crippen molar-refractivity contribution >= 4 is 17.6 Å². The lowest BCUT2D eigenvalue weighted by Gasteiger charge is -2.23. The van der Waals surface area contributed by atoms with E-state index in [1.165, 1.54) is 12.1 Å². The number of hydrogen-bond donors (Lipinski definition) is 0. The second kappa shape index (κ2) is 7.52. The van der Waals surface area contributed by atoms with Crippen molar-refractivity contribution in [3.63, 3.8) is 0 Å². The summed E-state index contributed by atoms with van der Waals surface area (Å²) in [4.78, 5) is 35.1. The van der Waals surface area contributed by atoms with Crippen LogP contribution in [-0.2, 0) is 17.9 Å². The summed E-state index contributed by atoms with van der Waals surface area (Å²) in [5.74, 6) is -0.774. The first-order valence-electron chi connectivity index (χ1n) is 9.69. The molecule has 2 aromatic rings. The van der Waals surface area contributed by atoms with Crippen molar-refractivity contribution in [2.75, 3.05) is 19.0 Å². The summed E-state index contributed by atoms with van der Waals surface area (Å²) in [6.45, 7) is 0.887. The first-order chi connectivity index (χ1) is 14.6. The fraction of sp³-hybridized carbons (Fsp3) is 0.381. The normalized spacial score (nSPS) is 17.7. The van der Waals surface area contributed by atoms with Gasteiger partial charge < -0.3 is 14.5 Å². The van der Waals surface area contributed by atoms with E-state index in [0.29, 0.717) is 19.4 Å². The van der Waals surface area contributed by atoms with Gasteiger partial charge in [-0.05, 0) is 68.4 Å². The number of alkyl halides is 3. The molecule has 7 nitrogen and oxygen atoms in total. The number of pyridine rings is 1. The lowest BCUT2D eigenvalue weighted by Crippen LogP contribution is -2.37. The highest BCUT2D eigenvalue weighted by molar-refractivity contribution is 6.24. The van der Waals surface area contributed by atoms with Gasteiger partial charge in [0, 0.05) is 25.5 Å². The number of halogens is 3. The van der Waals surface area contributed by atoms with Crippen molar-refractivity contribution in [2.45, 2.75) is 37.8 Å². The smallest absolute Gasteiger partial charge is 0.406 e. The van der Waals surface area contributed by atoms with E-state index in [-0.39, 0.29) is 18.1 Å². The van der Waals surface area contributed by atoms with Crippen LogP contribution < -0.4 is 9.64 Å². The lowest BCUT2D eigenvalue weighted by molar-refractivity contribution is -0.274. The summed E-state index contributed by atoms with van der Waals surface area (Å²) in [5, 5.41) is 0. The van der Waals surface area contributed by atoms with Gasteiger partial charge in [-0.15, -0.1) is 13.2 Å². The van der Waals surface area contributed by atoms with Gasteiger partial charge in [0.25, 0.3) is 5.91 Å². The Hall–Kier alpha value is -3.14. The molecule has 1 saturated carbocycles. The molecule has 1 spiro atoms. The zero-order valence-electron chi connectivity index (χ0n) is 17.0. The van der Waals surface area contributed by atoms with Crippen molar-refractivity contribution in [2.24, 2.45) is 0 Å². The molecule has 1 aliphatic heterocycles. The monoisotopic (exact) mass is 434 g/mol. The van der Waals surface area contributed by atoms with Gasteiger partial charge in [-0.1, -0.05) is 0 Å². The molecule has 0 bridgehead atoms. The van der Waals surface area contributed by atoms with Gasteiger partial charge in [-0.25, -0.2) is 9.69 Å². The van der Waals surface area contributed by atoms with E-state index in [1.54, 1.807) is 17.3 Å². The molecule has 2 aliphatic rings. The van der Waals surface area contributed by atoms with Crippen LogP contribution in [0.5, 0.6) is 5.75 Å². The van der Waals surface area contributed by atoms with Gasteiger partial charge in [-0.3, -0.25) is 9.78 Å². The van der Waals surface area contributed by atoms with Crippen molar-refractivity contribution < 1.29 is 27.5 Å². The number of hydrogen-bond acceptors (Lipinski definition) is 5. The third kappa shape index (κ3) is 4.07. The molecule has 2 fully saturated rings. The van der Waals surface area contributed by atoms with Crippen LogP contribution in [0.4, 0.5) is 23.7 Å². The van der Waals surface area contributed by atoms with Crippen molar-refractivity contribution in [1.29, 1.82) is 0 Å². The first-order valence-corrected chi connectivity index (χ1v) is 9.69. The van der Waals surface area contributed by atoms with E-state index < -0.39 is 23.7 Å². The van der Waals surface area contributed by atoms with Gasteiger partial charge in [0.05, 0.1) is 5.69 Å². The number of urea groups is 1. The molecular weight excluding hydrogens is 413 g/mol. The van der Waals surface area contributed by atoms with Crippen LogP contribution in [0, 0.1) is 0 Å². The molecule has 0 atom stereocenters. The number of rotatable bonds is 6. The predicted molar refractivity (Wildman–Crippen MR) is 105 cm³/mol. The zero-order chi connectivity index (χ0) is 22.4. The molecule has 3 amide bonds. The Morgan fingerprint density at radius 3 is 2.35 bits per heavy atom. The quantitative estimate of drug-likeness (QED) is 0.651. The van der Waals surface area contributed by atoms with E-state index >= 15 is 0 Å². The average molecular weight is 434 g/mol. The molecule has 1 aliphatic carbocycles. The molecule has 1 aromatic heterocycles. The Labute approximate surface area is 177 Å². The van der Waals surface area contributed by atoms with Crippen LogP contribution in [0.15, 0.2) is 42.7 Å². The number of benzene rings is 1. The molecule has 0 radical (unpaired) electrons. The molecular formula is C21H21F3N4O3. The summed E-state index contributed by atoms with van der Waals surface area (Å²) in [5.41, 5.74) is 1.17. The standard InChI is InChI=1S/C21H21F3N4O3/c1-26(2)12-15-11-25-10-7-14(15)13-27-19(30)28(18(29)20(27)8-9-20)16-3-5-17(6-4-16)31-21(22,23)24/h3-7,10-11H,8-9,12-13H2,1-2H3. The summed E-state index contributed by atoms with van der Waals surface area (Å²) >= 11 is 0. The summed E-state index contributed by atoms with van der Waals surface area (Å²) in [7, 11) is 3.86. The largest absolute Gasteiger partial charge is 0.573 e. The first kappa shape index (κ1) is 21.1. The SMILES string of the molecule is CN(C)Cc1cnccc1CN1C(=O)N(c2ccc(OC(F)(F)F)cc2)C(=O)C12CC2. The molecule has 2 heterocycles. The van der Waals surface area contributed by atoms with Crippen LogP contribution in [0.25, 0.3) is 0 Å². The highest BCUT2D eigenvalue weighted by Gasteiger charge is 2.65. The van der Waals surface area contributed by atoms with Gasteiger partial charge in [0.2, 0.25) is 0 Å². The predicted octanol–water partition coefficient (Wildman–Crippen LogP) is 3.54. The van der Waals surface area contributed by atoms with Gasteiger partial charge in [-0.2, -0.15) is 0 Å². The number of ether oxygens (including phenoxy) is 1. The molecule has 10 heteroatoms. The van der Waals surface area contributed by atoms with E-state index in [1.807, 2.05) is 25.1 Å². The topological polar surface area (TPSA) is 66.0 Å². The fourth-order valence-electron chi connectivity index (χ4n) is 3.82. The summed E-state index contributed by atoms with van der Waals surface area (Å²) in [6, 6.07) is 6.08. The Balaban J connectivity index is 1.59. The molecule has 0 N–H and O–H groups in total. The zero-order valence-corrected chi connectivity index (χ0v) is 17.0. The molecule has 1 aromatic carbocycles. The minimum atomic E-state index is -4.82. The molecule has 164 valence electrons. The van der Waals surface area contributed by atoms with E-state index in [4.69, 9.17) is 0 Å². The van der Waals surface area contributed by atoms with E-state index in [2.05, 4.69) is 9.72 Å². The maximum absolute atomic E-state index is 13.2. The highest BCUT2D eigenvalue weighted by Crippen LogP contribution is 2.50. The highest BCUT2D eigenvalue weighted by atomic mass is 19.4. The van der Waals surface area contributed by atoms with Gasteiger partial charge in [0.1, 0.15) is 11.3 Å². The Kier molecular flexibility index (Phi) is 5.12. The van der Waals surface area contributed by atoms with E-state index in [0.717, 1.165) is 28.2 Å². The summed E-state index contributed by atoms with van der Waals surface area (Å²) in [6.07, 6.45) is -0.318. The fourth-order valence-corrected chi connectivity index (χ4v) is 3.82. The number of aromatic nitrogens is 1. The van der Waals surface area contributed by atoms with Crippen molar-refractivity contribution in [3.05, 3.63) is 53.9 Å². The number of carbonyl (C=O) groups excluding carboxylic acids is 2. The summed E-state index contributed by atoms with van der Waals surface area (Å²) < 4.78 is 41.0. The van der Waals surface area contributed by atoms with E-state index in [9.17, 15) is 22.8 Å². The van der Waals surface area contributed by atoms with Crippen LogP contribution in [0.2, 0.25) is 0 Å². The van der Waals surface area contributed by atoms with Crippen molar-refractivity contribution in [1.82, 2.24) is 14.8 Å². The van der Waals surface area contributed by atoms with Gasteiger partial charge in [0.15, 0.2) is 0 Å². The Morgan fingerprint density at radius 1 is 1.10 bits per heavy atom. The number of imide groups is 1. The Morgan fingerprint density at radius 2 is 1.77 bits per heavy atom. The maximum Gasteiger partial charge on any atom is 0.573 e. The minimum Gasteiger partial charge on any atom is -0.406 e. The number of nitrogens with zero attached hydrogens (tertiary/aromatic N) is 4. The molecule has 1 saturated heterocycles. The van der Waals surface area contributed by atoms with Crippen LogP contribution in [0.3, 0.4) is 0 Å². The molecule has 4 rings (SSSR count). The lowest BCUT2D eigenvalue weighted by atomic mass is 10.1. The number of anilines is 1. The minimum absolute atomic E-state index is 0.210. The maximum atomic E-state index is 13.2. The van der Waals surface area contributed by atoms with Crippen LogP contribution >= 0.6 is 0 Å². The third-order valence-corrected chi connectivity index (χ3v) is 5.41. The third-order valence-electron chi connectivity index (χ3n) is 5.41. The number of amides is 3. The number of carbonyl (C=O) groups is 2. The molecule has 31 heavy (non-hydrogen) atoms. The van der Waals surface area contributed by atoms with Crippen LogP contribution in [0.1, 0.15) is 24.0 Å². The second-order valence-electron chi connectivity index (χ2n) is 7.96. The van der Waals surface area contributed by atoms with Crippen molar-refractivity contribution in [3.8, 4) is 5.75 Å². The average Bonchev–Trinajstić information content (AvgIpc) is 3.45. The Bertz CT molecular complexity index is 1000. The molecule has 0 unspecified atom stereocenters. The van der Waals surface area contributed by atoms with Crippen LogP contribution in [-0.4, -0.2) is 52.7 Å². The van der Waals surface area contributed by atoms with Gasteiger partial charge >= 0.3 is 12.4 Å².